The van der Waals surface area contributed by atoms with Crippen LogP contribution < -0.4 is 10.6 Å². The Morgan fingerprint density at radius 3 is 2.04 bits per heavy atom. The zero-order chi connectivity index (χ0) is 18.4. The average molecular weight is 351 g/mol. The molecule has 24 heavy (non-hydrogen) atoms. The molecule has 0 saturated carbocycles. The van der Waals surface area contributed by atoms with Gasteiger partial charge in [0.05, 0.1) is 5.75 Å². The zero-order valence-electron chi connectivity index (χ0n) is 15.7. The highest BCUT2D eigenvalue weighted by Gasteiger charge is 2.14. The lowest BCUT2D eigenvalue weighted by Crippen LogP contribution is -2.32. The van der Waals surface area contributed by atoms with E-state index in [-0.39, 0.29) is 22.6 Å². The topological polar surface area (TPSA) is 58.2 Å². The van der Waals surface area contributed by atoms with Crippen molar-refractivity contribution in [2.24, 2.45) is 10.8 Å². The van der Waals surface area contributed by atoms with E-state index in [9.17, 15) is 9.59 Å². The first-order chi connectivity index (χ1) is 11.0. The van der Waals surface area contributed by atoms with Gasteiger partial charge in [-0.05, 0) is 40.8 Å². The minimum atomic E-state index is -0.0939. The molecule has 1 rings (SSSR count). The van der Waals surface area contributed by atoms with Crippen LogP contribution in [0.25, 0.3) is 0 Å². The summed E-state index contributed by atoms with van der Waals surface area (Å²) in [6.45, 7) is 13.3. The summed E-state index contributed by atoms with van der Waals surface area (Å²) in [6, 6.07) is 6.99. The summed E-state index contributed by atoms with van der Waals surface area (Å²) in [5, 5.41) is 5.77. The minimum absolute atomic E-state index is 0.0193. The third-order valence-electron chi connectivity index (χ3n) is 2.98. The van der Waals surface area contributed by atoms with Crippen LogP contribution in [0.5, 0.6) is 0 Å². The highest BCUT2D eigenvalue weighted by Crippen LogP contribution is 2.20. The summed E-state index contributed by atoms with van der Waals surface area (Å²) in [5.41, 5.74) is 1.57. The fourth-order valence-electron chi connectivity index (χ4n) is 1.80. The van der Waals surface area contributed by atoms with Crippen molar-refractivity contribution in [3.05, 3.63) is 29.8 Å². The van der Waals surface area contributed by atoms with Gasteiger partial charge in [-0.2, -0.15) is 11.8 Å². The summed E-state index contributed by atoms with van der Waals surface area (Å²) in [5.74, 6) is 1.26. The molecule has 2 N–H and O–H groups in total. The van der Waals surface area contributed by atoms with Crippen LogP contribution in [0.4, 0.5) is 5.69 Å². The van der Waals surface area contributed by atoms with Crippen molar-refractivity contribution in [1.29, 1.82) is 0 Å². The van der Waals surface area contributed by atoms with Crippen molar-refractivity contribution >= 4 is 29.3 Å². The van der Waals surface area contributed by atoms with Gasteiger partial charge in [-0.3, -0.25) is 9.59 Å². The Labute approximate surface area is 150 Å². The standard InChI is InChI=1S/C19H30N2O2S/c1-18(2,3)12-20-17(23)14-7-9-15(10-8-14)21-16(22)11-24-13-19(4,5)6/h7-10H,11-13H2,1-6H3,(H,20,23)(H,21,22). The van der Waals surface area contributed by atoms with Crippen LogP contribution >= 0.6 is 11.8 Å². The summed E-state index contributed by atoms with van der Waals surface area (Å²) in [6.07, 6.45) is 0. The molecule has 134 valence electrons. The zero-order valence-corrected chi connectivity index (χ0v) is 16.5. The minimum Gasteiger partial charge on any atom is -0.352 e. The molecule has 0 heterocycles. The maximum atomic E-state index is 12.1. The van der Waals surface area contributed by atoms with Crippen LogP contribution in [0.3, 0.4) is 0 Å². The number of rotatable bonds is 6. The lowest BCUT2D eigenvalue weighted by Gasteiger charge is -2.18. The van der Waals surface area contributed by atoms with Gasteiger partial charge in [-0.1, -0.05) is 41.5 Å². The van der Waals surface area contributed by atoms with Crippen LogP contribution in [0.1, 0.15) is 51.9 Å². The molecule has 1 aromatic rings. The number of anilines is 1. The molecule has 0 aliphatic rings. The second-order valence-corrected chi connectivity index (χ2v) is 9.41. The normalized spacial score (nSPS) is 11.9. The van der Waals surface area contributed by atoms with Gasteiger partial charge in [0.25, 0.3) is 5.91 Å². The molecular weight excluding hydrogens is 320 g/mol. The first kappa shape index (κ1) is 20.6. The molecule has 0 aromatic heterocycles. The molecule has 5 heteroatoms. The first-order valence-corrected chi connectivity index (χ1v) is 9.38. The highest BCUT2D eigenvalue weighted by atomic mass is 32.2. The van der Waals surface area contributed by atoms with Gasteiger partial charge >= 0.3 is 0 Å². The van der Waals surface area contributed by atoms with Crippen molar-refractivity contribution in [2.75, 3.05) is 23.4 Å². The number of benzene rings is 1. The van der Waals surface area contributed by atoms with Crippen LogP contribution in [0.15, 0.2) is 24.3 Å². The number of thioether (sulfide) groups is 1. The molecule has 0 radical (unpaired) electrons. The Kier molecular flexibility index (Phi) is 7.33. The molecule has 4 nitrogen and oxygen atoms in total. The molecular formula is C19H30N2O2S. The maximum absolute atomic E-state index is 12.1. The molecule has 0 aliphatic heterocycles. The van der Waals surface area contributed by atoms with E-state index in [0.29, 0.717) is 23.5 Å². The Morgan fingerprint density at radius 1 is 0.958 bits per heavy atom. The molecule has 0 atom stereocenters. The first-order valence-electron chi connectivity index (χ1n) is 8.22. The third-order valence-corrected chi connectivity index (χ3v) is 4.51. The smallest absolute Gasteiger partial charge is 0.251 e. The van der Waals surface area contributed by atoms with E-state index in [1.165, 1.54) is 0 Å². The monoisotopic (exact) mass is 350 g/mol. The average Bonchev–Trinajstić information content (AvgIpc) is 2.43. The van der Waals surface area contributed by atoms with Crippen molar-refractivity contribution in [1.82, 2.24) is 5.32 Å². The number of carbonyl (C=O) groups is 2. The predicted molar refractivity (Wildman–Crippen MR) is 104 cm³/mol. The van der Waals surface area contributed by atoms with Crippen LogP contribution in [-0.4, -0.2) is 29.9 Å². The van der Waals surface area contributed by atoms with Crippen LogP contribution in [-0.2, 0) is 4.79 Å². The number of carbonyl (C=O) groups excluding carboxylic acids is 2. The largest absolute Gasteiger partial charge is 0.352 e. The molecule has 0 aliphatic carbocycles. The molecule has 0 bridgehead atoms. The van der Waals surface area contributed by atoms with E-state index in [0.717, 1.165) is 5.75 Å². The summed E-state index contributed by atoms with van der Waals surface area (Å²) in [4.78, 5) is 24.0. The van der Waals surface area contributed by atoms with Crippen molar-refractivity contribution in [3.63, 3.8) is 0 Å². The van der Waals surface area contributed by atoms with E-state index >= 15 is 0 Å². The second kappa shape index (κ2) is 8.56. The summed E-state index contributed by atoms with van der Waals surface area (Å²) < 4.78 is 0. The number of hydrogen-bond donors (Lipinski definition) is 2. The van der Waals surface area contributed by atoms with E-state index < -0.39 is 0 Å². The predicted octanol–water partition coefficient (Wildman–Crippen LogP) is 4.18. The van der Waals surface area contributed by atoms with Gasteiger partial charge in [0.2, 0.25) is 5.91 Å². The van der Waals surface area contributed by atoms with Gasteiger partial charge in [-0.15, -0.1) is 0 Å². The van der Waals surface area contributed by atoms with Crippen molar-refractivity contribution in [2.45, 2.75) is 41.5 Å². The van der Waals surface area contributed by atoms with E-state index in [2.05, 4.69) is 52.2 Å². The van der Waals surface area contributed by atoms with Crippen molar-refractivity contribution in [3.8, 4) is 0 Å². The van der Waals surface area contributed by atoms with Gasteiger partial charge in [-0.25, -0.2) is 0 Å². The van der Waals surface area contributed by atoms with E-state index in [1.54, 1.807) is 36.0 Å². The SMILES string of the molecule is CC(C)(C)CNC(=O)c1ccc(NC(=O)CSCC(C)(C)C)cc1. The molecule has 0 unspecified atom stereocenters. The Morgan fingerprint density at radius 2 is 1.54 bits per heavy atom. The molecule has 0 fully saturated rings. The molecule has 0 spiro atoms. The quantitative estimate of drug-likeness (QED) is 0.809. The fraction of sp³-hybridized carbons (Fsp3) is 0.579. The molecule has 1 aromatic carbocycles. The van der Waals surface area contributed by atoms with Crippen LogP contribution in [0.2, 0.25) is 0 Å². The van der Waals surface area contributed by atoms with E-state index in [1.807, 2.05) is 0 Å². The van der Waals surface area contributed by atoms with Gasteiger partial charge in [0.15, 0.2) is 0 Å². The Balaban J connectivity index is 2.47. The third kappa shape index (κ3) is 8.96. The van der Waals surface area contributed by atoms with Crippen molar-refractivity contribution < 1.29 is 9.59 Å². The Hall–Kier alpha value is -1.49. The lowest BCUT2D eigenvalue weighted by molar-refractivity contribution is -0.113. The highest BCUT2D eigenvalue weighted by molar-refractivity contribution is 8.00. The Bertz CT molecular complexity index is 554. The molecule has 2 amide bonds. The summed E-state index contributed by atoms with van der Waals surface area (Å²) >= 11 is 1.63. The van der Waals surface area contributed by atoms with Gasteiger partial charge in [0, 0.05) is 17.8 Å². The summed E-state index contributed by atoms with van der Waals surface area (Å²) in [7, 11) is 0. The van der Waals surface area contributed by atoms with Gasteiger partial charge < -0.3 is 10.6 Å². The van der Waals surface area contributed by atoms with E-state index in [4.69, 9.17) is 0 Å². The van der Waals surface area contributed by atoms with Gasteiger partial charge in [0.1, 0.15) is 0 Å². The molecule has 0 saturated heterocycles. The fourth-order valence-corrected chi connectivity index (χ4v) is 2.77. The maximum Gasteiger partial charge on any atom is 0.251 e. The number of amides is 2. The second-order valence-electron chi connectivity index (χ2n) is 8.42. The number of hydrogen-bond acceptors (Lipinski definition) is 3. The van der Waals surface area contributed by atoms with Crippen LogP contribution in [0, 0.1) is 10.8 Å². The lowest BCUT2D eigenvalue weighted by atomic mass is 9.97. The number of nitrogens with one attached hydrogen (secondary N) is 2.